The highest BCUT2D eigenvalue weighted by Crippen LogP contribution is 2.31. The third-order valence-corrected chi connectivity index (χ3v) is 7.28. The zero-order valence-electron chi connectivity index (χ0n) is 26.3. The van der Waals surface area contributed by atoms with Gasteiger partial charge in [0.25, 0.3) is 0 Å². The van der Waals surface area contributed by atoms with Gasteiger partial charge in [0.2, 0.25) is 0 Å². The molecule has 0 bridgehead atoms. The van der Waals surface area contributed by atoms with E-state index in [2.05, 4.69) is 30.4 Å². The number of pyridine rings is 2. The van der Waals surface area contributed by atoms with Gasteiger partial charge in [-0.1, -0.05) is 43.1 Å². The van der Waals surface area contributed by atoms with Gasteiger partial charge in [-0.2, -0.15) is 0 Å². The first-order valence-corrected chi connectivity index (χ1v) is 15.8. The van der Waals surface area contributed by atoms with E-state index in [1.54, 1.807) is 54.9 Å². The van der Waals surface area contributed by atoms with Gasteiger partial charge < -0.3 is 24.1 Å². The number of fused-ring (bicyclic) bond motifs is 2. The van der Waals surface area contributed by atoms with Crippen LogP contribution in [0, 0.1) is 5.92 Å². The molecule has 2 aromatic heterocycles. The number of benzene rings is 2. The van der Waals surface area contributed by atoms with Crippen LogP contribution in [0.1, 0.15) is 46.5 Å². The zero-order chi connectivity index (χ0) is 33.5. The lowest BCUT2D eigenvalue weighted by atomic mass is 10.1. The van der Waals surface area contributed by atoms with Crippen LogP contribution in [0.4, 0.5) is 0 Å². The Balaban J connectivity index is 0.000000251. The van der Waals surface area contributed by atoms with Crippen molar-refractivity contribution in [1.29, 1.82) is 0 Å². The molecular weight excluding hydrogens is 631 g/mol. The van der Waals surface area contributed by atoms with Crippen LogP contribution >= 0.6 is 23.2 Å². The molecule has 46 heavy (non-hydrogen) atoms. The van der Waals surface area contributed by atoms with Crippen molar-refractivity contribution in [2.24, 2.45) is 5.92 Å². The van der Waals surface area contributed by atoms with Crippen LogP contribution in [0.25, 0.3) is 21.8 Å². The quantitative estimate of drug-likeness (QED) is 0.0713. The van der Waals surface area contributed by atoms with E-state index in [1.807, 2.05) is 19.1 Å². The summed E-state index contributed by atoms with van der Waals surface area (Å²) in [7, 11) is 0. The standard InChI is InChI=1S/C18H20ClNO4.C17H20ClNO3/c1-2-11-23-12-4-3-7-16(18(21)22)24-15-9-8-14(19)13-6-5-10-20-17(13)15;1-11(2)9-12(3)22-16(20)10-21-15-7-6-14(18)13-5-4-8-19-17(13)15/h2,5-6,8-10,16H,1,3-4,7,11-12H2,(H,21,22);4-8,11-12H,9-10H2,1-3H3. The molecule has 11 heteroatoms. The summed E-state index contributed by atoms with van der Waals surface area (Å²) in [4.78, 5) is 31.8. The summed E-state index contributed by atoms with van der Waals surface area (Å²) in [5, 5.41) is 12.1. The molecule has 2 atom stereocenters. The third-order valence-electron chi connectivity index (χ3n) is 6.63. The Morgan fingerprint density at radius 1 is 0.913 bits per heavy atom. The Hall–Kier alpha value is -3.92. The summed E-state index contributed by atoms with van der Waals surface area (Å²) in [6, 6.07) is 14.0. The molecule has 0 saturated carbocycles. The summed E-state index contributed by atoms with van der Waals surface area (Å²) in [5.74, 6) is 0.0418. The van der Waals surface area contributed by atoms with Gasteiger partial charge in [-0.25, -0.2) is 9.59 Å². The summed E-state index contributed by atoms with van der Waals surface area (Å²) < 4.78 is 21.8. The lowest BCUT2D eigenvalue weighted by Gasteiger charge is -2.16. The minimum Gasteiger partial charge on any atom is -0.480 e. The lowest BCUT2D eigenvalue weighted by Crippen LogP contribution is -2.27. The van der Waals surface area contributed by atoms with Crippen molar-refractivity contribution in [2.75, 3.05) is 19.8 Å². The Kier molecular flexibility index (Phi) is 15.0. The van der Waals surface area contributed by atoms with Gasteiger partial charge in [-0.05, 0) is 87.1 Å². The van der Waals surface area contributed by atoms with E-state index in [0.717, 1.165) is 23.6 Å². The molecule has 4 rings (SSSR count). The molecule has 4 aromatic rings. The number of carbonyl (C=O) groups is 2. The first-order valence-electron chi connectivity index (χ1n) is 15.1. The monoisotopic (exact) mass is 670 g/mol. The number of carbonyl (C=O) groups excluding carboxylic acids is 1. The smallest absolute Gasteiger partial charge is 0.344 e. The average Bonchev–Trinajstić information content (AvgIpc) is 3.03. The Bertz CT molecular complexity index is 1600. The molecule has 0 saturated heterocycles. The molecule has 0 spiro atoms. The van der Waals surface area contributed by atoms with Crippen LogP contribution in [0.3, 0.4) is 0 Å². The second kappa shape index (κ2) is 18.9. The van der Waals surface area contributed by atoms with E-state index in [1.165, 1.54) is 0 Å². The van der Waals surface area contributed by atoms with E-state index >= 15 is 0 Å². The number of halogens is 2. The van der Waals surface area contributed by atoms with E-state index in [9.17, 15) is 14.7 Å². The minimum atomic E-state index is -0.999. The van der Waals surface area contributed by atoms with Crippen molar-refractivity contribution in [3.63, 3.8) is 0 Å². The molecule has 0 aliphatic heterocycles. The number of ether oxygens (including phenoxy) is 4. The minimum absolute atomic E-state index is 0.115. The highest BCUT2D eigenvalue weighted by Gasteiger charge is 2.21. The maximum atomic E-state index is 11.8. The summed E-state index contributed by atoms with van der Waals surface area (Å²) in [5.41, 5.74) is 1.20. The number of carboxylic acid groups (broad SMARTS) is 1. The van der Waals surface area contributed by atoms with Crippen LogP contribution < -0.4 is 9.47 Å². The summed E-state index contributed by atoms with van der Waals surface area (Å²) in [6.45, 7) is 10.6. The van der Waals surface area contributed by atoms with Gasteiger partial charge in [-0.3, -0.25) is 9.97 Å². The maximum Gasteiger partial charge on any atom is 0.344 e. The molecule has 0 aliphatic rings. The van der Waals surface area contributed by atoms with E-state index in [0.29, 0.717) is 64.6 Å². The molecular formula is C35H40Cl2N2O7. The van der Waals surface area contributed by atoms with Crippen LogP contribution in [0.15, 0.2) is 73.6 Å². The SMILES string of the molecule is C=CCOCCCCC(Oc1ccc(Cl)c2cccnc12)C(=O)O.CC(C)CC(C)OC(=O)COc1ccc(Cl)c2cccnc12. The Labute approximate surface area is 279 Å². The molecule has 2 heterocycles. The number of unbranched alkanes of at least 4 members (excludes halogenated alkanes) is 1. The van der Waals surface area contributed by atoms with Crippen LogP contribution in [0.2, 0.25) is 10.0 Å². The van der Waals surface area contributed by atoms with Crippen LogP contribution in [0.5, 0.6) is 11.5 Å². The number of nitrogens with zero attached hydrogens (tertiary/aromatic N) is 2. The van der Waals surface area contributed by atoms with Crippen LogP contribution in [-0.2, 0) is 19.1 Å². The predicted octanol–water partition coefficient (Wildman–Crippen LogP) is 8.34. The fourth-order valence-electron chi connectivity index (χ4n) is 4.63. The molecule has 0 amide bonds. The summed E-state index contributed by atoms with van der Waals surface area (Å²) >= 11 is 12.3. The molecule has 0 aliphatic carbocycles. The Morgan fingerprint density at radius 3 is 2.11 bits per heavy atom. The van der Waals surface area contributed by atoms with Gasteiger partial charge in [0.05, 0.1) is 22.8 Å². The molecule has 0 fully saturated rings. The second-order valence-electron chi connectivity index (χ2n) is 10.9. The normalized spacial score (nSPS) is 12.2. The average molecular weight is 672 g/mol. The fraction of sp³-hybridized carbons (Fsp3) is 0.371. The first kappa shape index (κ1) is 36.5. The maximum absolute atomic E-state index is 11.8. The number of hydrogen-bond donors (Lipinski definition) is 1. The van der Waals surface area contributed by atoms with Crippen molar-refractivity contribution in [2.45, 2.75) is 58.7 Å². The number of rotatable bonds is 16. The highest BCUT2D eigenvalue weighted by atomic mass is 35.5. The molecule has 0 radical (unpaired) electrons. The van der Waals surface area contributed by atoms with Gasteiger partial charge in [-0.15, -0.1) is 6.58 Å². The number of carboxylic acids is 1. The third kappa shape index (κ3) is 11.5. The number of hydrogen-bond acceptors (Lipinski definition) is 8. The zero-order valence-corrected chi connectivity index (χ0v) is 27.8. The van der Waals surface area contributed by atoms with Gasteiger partial charge in [0, 0.05) is 29.8 Å². The largest absolute Gasteiger partial charge is 0.480 e. The number of esters is 1. The second-order valence-corrected chi connectivity index (χ2v) is 11.7. The van der Waals surface area contributed by atoms with E-state index < -0.39 is 12.1 Å². The Morgan fingerprint density at radius 2 is 1.52 bits per heavy atom. The van der Waals surface area contributed by atoms with E-state index in [-0.39, 0.29) is 18.7 Å². The molecule has 2 unspecified atom stereocenters. The molecule has 246 valence electrons. The van der Waals surface area contributed by atoms with Crippen molar-refractivity contribution < 1.29 is 33.6 Å². The first-order chi connectivity index (χ1) is 22.1. The van der Waals surface area contributed by atoms with Gasteiger partial charge in [0.15, 0.2) is 12.7 Å². The lowest BCUT2D eigenvalue weighted by molar-refractivity contribution is -0.151. The van der Waals surface area contributed by atoms with E-state index in [4.69, 9.17) is 42.1 Å². The molecule has 9 nitrogen and oxygen atoms in total. The van der Waals surface area contributed by atoms with Crippen molar-refractivity contribution >= 4 is 56.9 Å². The highest BCUT2D eigenvalue weighted by molar-refractivity contribution is 6.36. The molecule has 1 N–H and O–H groups in total. The summed E-state index contributed by atoms with van der Waals surface area (Å²) in [6.07, 6.45) is 6.59. The van der Waals surface area contributed by atoms with Crippen molar-refractivity contribution in [3.05, 3.63) is 83.6 Å². The number of aliphatic carboxylic acids is 1. The fourth-order valence-corrected chi connectivity index (χ4v) is 5.06. The molecule has 2 aromatic carbocycles. The van der Waals surface area contributed by atoms with Gasteiger partial charge in [0.1, 0.15) is 22.5 Å². The predicted molar refractivity (Wildman–Crippen MR) is 181 cm³/mol. The topological polar surface area (TPSA) is 117 Å². The van der Waals surface area contributed by atoms with Gasteiger partial charge >= 0.3 is 11.9 Å². The van der Waals surface area contributed by atoms with Crippen LogP contribution in [-0.4, -0.2) is 59.0 Å². The van der Waals surface area contributed by atoms with Crippen molar-refractivity contribution in [3.8, 4) is 11.5 Å². The van der Waals surface area contributed by atoms with Crippen molar-refractivity contribution in [1.82, 2.24) is 9.97 Å². The number of aromatic nitrogens is 2.